The Morgan fingerprint density at radius 3 is 3.13 bits per heavy atom. The molecule has 1 heterocycles. The average Bonchev–Trinajstić information content (AvgIpc) is 2.78. The van der Waals surface area contributed by atoms with Crippen molar-refractivity contribution in [3.8, 4) is 5.75 Å². The van der Waals surface area contributed by atoms with E-state index in [9.17, 15) is 0 Å². The molecule has 4 heteroatoms. The zero-order valence-corrected chi connectivity index (χ0v) is 10.0. The average molecular weight is 270 g/mol. The maximum Gasteiger partial charge on any atom is 0.142 e. The van der Waals surface area contributed by atoms with Gasteiger partial charge >= 0.3 is 0 Å². The SMILES string of the molecule is COc1cccc(C2=NO[C@H](CBr)C2)c1. The van der Waals surface area contributed by atoms with Gasteiger partial charge < -0.3 is 9.57 Å². The van der Waals surface area contributed by atoms with E-state index in [1.807, 2.05) is 24.3 Å². The molecule has 0 saturated carbocycles. The zero-order chi connectivity index (χ0) is 10.7. The molecule has 0 aromatic heterocycles. The molecular formula is C11H12BrNO2. The molecule has 0 bridgehead atoms. The molecule has 0 radical (unpaired) electrons. The van der Waals surface area contributed by atoms with Crippen LogP contribution in [-0.2, 0) is 4.84 Å². The predicted molar refractivity (Wildman–Crippen MR) is 62.8 cm³/mol. The van der Waals surface area contributed by atoms with Gasteiger partial charge in [-0.1, -0.05) is 33.2 Å². The van der Waals surface area contributed by atoms with Gasteiger partial charge in [-0.3, -0.25) is 0 Å². The standard InChI is InChI=1S/C11H12BrNO2/c1-14-9-4-2-3-8(5-9)11-6-10(7-12)15-13-11/h2-5,10H,6-7H2,1H3/t10-/m0/s1. The van der Waals surface area contributed by atoms with Crippen molar-refractivity contribution in [2.75, 3.05) is 12.4 Å². The first-order valence-electron chi connectivity index (χ1n) is 4.76. The minimum atomic E-state index is 0.159. The van der Waals surface area contributed by atoms with E-state index >= 15 is 0 Å². The Bertz CT molecular complexity index is 379. The Morgan fingerprint density at radius 1 is 1.60 bits per heavy atom. The first-order valence-corrected chi connectivity index (χ1v) is 5.88. The Balaban J connectivity index is 2.16. The topological polar surface area (TPSA) is 30.8 Å². The number of oxime groups is 1. The van der Waals surface area contributed by atoms with E-state index in [2.05, 4.69) is 21.1 Å². The summed E-state index contributed by atoms with van der Waals surface area (Å²) in [6.45, 7) is 0. The summed E-state index contributed by atoms with van der Waals surface area (Å²) in [6.07, 6.45) is 1.00. The van der Waals surface area contributed by atoms with Gasteiger partial charge in [0.25, 0.3) is 0 Å². The predicted octanol–water partition coefficient (Wildman–Crippen LogP) is 2.58. The van der Waals surface area contributed by atoms with Crippen molar-refractivity contribution in [1.82, 2.24) is 0 Å². The summed E-state index contributed by atoms with van der Waals surface area (Å²) in [7, 11) is 1.66. The Labute approximate surface area is 97.2 Å². The maximum absolute atomic E-state index is 5.24. The number of halogens is 1. The number of alkyl halides is 1. The van der Waals surface area contributed by atoms with E-state index in [1.165, 1.54) is 0 Å². The highest BCUT2D eigenvalue weighted by Gasteiger charge is 2.20. The molecule has 15 heavy (non-hydrogen) atoms. The maximum atomic E-state index is 5.24. The summed E-state index contributed by atoms with van der Waals surface area (Å²) in [4.78, 5) is 5.24. The smallest absolute Gasteiger partial charge is 0.142 e. The highest BCUT2D eigenvalue weighted by atomic mass is 79.9. The number of methoxy groups -OCH3 is 1. The molecule has 0 amide bonds. The number of benzene rings is 1. The molecule has 0 unspecified atom stereocenters. The third-order valence-electron chi connectivity index (χ3n) is 2.31. The van der Waals surface area contributed by atoms with E-state index in [1.54, 1.807) is 7.11 Å². The van der Waals surface area contributed by atoms with Crippen LogP contribution in [0.25, 0.3) is 0 Å². The lowest BCUT2D eigenvalue weighted by Gasteiger charge is -2.03. The number of rotatable bonds is 3. The first-order chi connectivity index (χ1) is 7.33. The van der Waals surface area contributed by atoms with Gasteiger partial charge in [-0.15, -0.1) is 0 Å². The fraction of sp³-hybridized carbons (Fsp3) is 0.364. The summed E-state index contributed by atoms with van der Waals surface area (Å²) >= 11 is 3.38. The minimum absolute atomic E-state index is 0.159. The highest BCUT2D eigenvalue weighted by Crippen LogP contribution is 2.20. The summed E-state index contributed by atoms with van der Waals surface area (Å²) in [5, 5.41) is 4.87. The van der Waals surface area contributed by atoms with Crippen LogP contribution in [0.15, 0.2) is 29.4 Å². The second-order valence-electron chi connectivity index (χ2n) is 3.36. The number of hydrogen-bond donors (Lipinski definition) is 0. The molecule has 3 nitrogen and oxygen atoms in total. The van der Waals surface area contributed by atoms with E-state index in [-0.39, 0.29) is 6.10 Å². The van der Waals surface area contributed by atoms with Crippen molar-refractivity contribution in [2.24, 2.45) is 5.16 Å². The van der Waals surface area contributed by atoms with Gasteiger partial charge in [-0.2, -0.15) is 0 Å². The van der Waals surface area contributed by atoms with Crippen molar-refractivity contribution in [3.05, 3.63) is 29.8 Å². The van der Waals surface area contributed by atoms with Crippen molar-refractivity contribution >= 4 is 21.6 Å². The van der Waals surface area contributed by atoms with Crippen LogP contribution in [0.2, 0.25) is 0 Å². The van der Waals surface area contributed by atoms with Crippen molar-refractivity contribution < 1.29 is 9.57 Å². The highest BCUT2D eigenvalue weighted by molar-refractivity contribution is 9.09. The van der Waals surface area contributed by atoms with Gasteiger partial charge in [0, 0.05) is 17.3 Å². The van der Waals surface area contributed by atoms with E-state index in [4.69, 9.17) is 9.57 Å². The third kappa shape index (κ3) is 2.31. The van der Waals surface area contributed by atoms with Crippen LogP contribution in [0.4, 0.5) is 0 Å². The largest absolute Gasteiger partial charge is 0.497 e. The normalized spacial score (nSPS) is 19.6. The van der Waals surface area contributed by atoms with Gasteiger partial charge in [0.2, 0.25) is 0 Å². The fourth-order valence-corrected chi connectivity index (χ4v) is 1.83. The van der Waals surface area contributed by atoms with Crippen molar-refractivity contribution in [3.63, 3.8) is 0 Å². The van der Waals surface area contributed by atoms with E-state index < -0.39 is 0 Å². The number of ether oxygens (including phenoxy) is 1. The summed E-state index contributed by atoms with van der Waals surface area (Å²) in [6, 6.07) is 7.86. The molecule has 1 aliphatic heterocycles. The molecule has 80 valence electrons. The van der Waals surface area contributed by atoms with Crippen LogP contribution in [-0.4, -0.2) is 24.3 Å². The van der Waals surface area contributed by atoms with Crippen LogP contribution >= 0.6 is 15.9 Å². The van der Waals surface area contributed by atoms with Gasteiger partial charge in [-0.05, 0) is 12.1 Å². The molecule has 1 aliphatic rings. The lowest BCUT2D eigenvalue weighted by atomic mass is 10.1. The quantitative estimate of drug-likeness (QED) is 0.790. The number of hydrogen-bond acceptors (Lipinski definition) is 3. The van der Waals surface area contributed by atoms with Crippen LogP contribution in [0.1, 0.15) is 12.0 Å². The van der Waals surface area contributed by atoms with Gasteiger partial charge in [0.15, 0.2) is 0 Å². The van der Waals surface area contributed by atoms with Crippen LogP contribution in [0, 0.1) is 0 Å². The zero-order valence-electron chi connectivity index (χ0n) is 8.44. The molecule has 0 spiro atoms. The van der Waals surface area contributed by atoms with Gasteiger partial charge in [-0.25, -0.2) is 0 Å². The Kier molecular flexibility index (Phi) is 3.26. The lowest BCUT2D eigenvalue weighted by molar-refractivity contribution is 0.104. The third-order valence-corrected chi connectivity index (χ3v) is 3.03. The second kappa shape index (κ2) is 4.66. The Morgan fingerprint density at radius 2 is 2.47 bits per heavy atom. The monoisotopic (exact) mass is 269 g/mol. The summed E-state index contributed by atoms with van der Waals surface area (Å²) < 4.78 is 5.16. The molecule has 2 rings (SSSR count). The molecule has 1 aromatic rings. The van der Waals surface area contributed by atoms with Crippen LogP contribution in [0.3, 0.4) is 0 Å². The molecule has 1 aromatic carbocycles. The van der Waals surface area contributed by atoms with Gasteiger partial charge in [0.1, 0.15) is 11.9 Å². The van der Waals surface area contributed by atoms with E-state index in [0.717, 1.165) is 28.8 Å². The molecule has 0 N–H and O–H groups in total. The summed E-state index contributed by atoms with van der Waals surface area (Å²) in [5.74, 6) is 0.845. The molecule has 1 atom stereocenters. The Hall–Kier alpha value is -1.03. The second-order valence-corrected chi connectivity index (χ2v) is 4.00. The van der Waals surface area contributed by atoms with Crippen LogP contribution < -0.4 is 4.74 Å². The molecular weight excluding hydrogens is 258 g/mol. The van der Waals surface area contributed by atoms with Crippen molar-refractivity contribution in [2.45, 2.75) is 12.5 Å². The summed E-state index contributed by atoms with van der Waals surface area (Å²) in [5.41, 5.74) is 2.05. The number of nitrogens with zero attached hydrogens (tertiary/aromatic N) is 1. The molecule has 0 aliphatic carbocycles. The van der Waals surface area contributed by atoms with Crippen molar-refractivity contribution in [1.29, 1.82) is 0 Å². The minimum Gasteiger partial charge on any atom is -0.497 e. The van der Waals surface area contributed by atoms with Gasteiger partial charge in [0.05, 0.1) is 12.8 Å². The fourth-order valence-electron chi connectivity index (χ4n) is 1.48. The molecule has 0 fully saturated rings. The van der Waals surface area contributed by atoms with E-state index in [0.29, 0.717) is 0 Å². The lowest BCUT2D eigenvalue weighted by Crippen LogP contribution is -2.09. The first kappa shape index (κ1) is 10.5. The van der Waals surface area contributed by atoms with Crippen LogP contribution in [0.5, 0.6) is 5.75 Å². The molecule has 0 saturated heterocycles.